The van der Waals surface area contributed by atoms with Gasteiger partial charge in [0.2, 0.25) is 0 Å². The molecule has 0 unspecified atom stereocenters. The van der Waals surface area contributed by atoms with Crippen LogP contribution in [0.15, 0.2) is 0 Å². The van der Waals surface area contributed by atoms with E-state index in [1.54, 1.807) is 0 Å². The van der Waals surface area contributed by atoms with Crippen molar-refractivity contribution < 1.29 is 124 Å². The highest BCUT2D eigenvalue weighted by Gasteiger charge is 3.06. The molecule has 246 valence electrons. The quantitative estimate of drug-likeness (QED) is 0.221. The third-order valence-corrected chi connectivity index (χ3v) is 5.00. The summed E-state index contributed by atoms with van der Waals surface area (Å²) in [4.78, 5) is 0. The van der Waals surface area contributed by atoms with Gasteiger partial charge in [-0.2, -0.15) is 114 Å². The minimum absolute atomic E-state index is 1.07. The zero-order valence-corrected chi connectivity index (χ0v) is 17.1. The molecule has 1 rings (SSSR count). The van der Waals surface area contributed by atoms with Gasteiger partial charge in [-0.25, -0.2) is 0 Å². The molecule has 0 aromatic carbocycles. The Balaban J connectivity index is 4.78. The molecule has 1 aliphatic carbocycles. The number of halogens is 26. The van der Waals surface area contributed by atoms with Gasteiger partial charge in [-0.05, 0) is 0 Å². The zero-order chi connectivity index (χ0) is 33.9. The van der Waals surface area contributed by atoms with Crippen molar-refractivity contribution in [2.75, 3.05) is 0 Å². The van der Waals surface area contributed by atoms with Gasteiger partial charge in [-0.15, -0.1) is 0 Å². The minimum atomic E-state index is -9.42. The van der Waals surface area contributed by atoms with Crippen LogP contribution in [0.3, 0.4) is 0 Å². The van der Waals surface area contributed by atoms with E-state index in [0.717, 1.165) is 9.47 Å². The molecule has 2 nitrogen and oxygen atoms in total. The van der Waals surface area contributed by atoms with Gasteiger partial charge in [0.25, 0.3) is 0 Å². The normalized spacial score (nSPS) is 23.6. The molecule has 0 heterocycles. The summed E-state index contributed by atoms with van der Waals surface area (Å²) in [7, 11) is 0. The number of ether oxygens (including phenoxy) is 2. The number of hydrogen-bond acceptors (Lipinski definition) is 2. The molecule has 0 aromatic rings. The summed E-state index contributed by atoms with van der Waals surface area (Å²) in [5, 5.41) is 0. The molecule has 0 aliphatic heterocycles. The standard InChI is InChI=1S/C13F26O2/c14-3(15)4(16,17)6(20,21)7(5(3,18)19,40-1(8(22,23)24,9(25,26)27)10(28,29)30)41-2(11(31,32)33,12(34,35)36)13(37,38)39. The van der Waals surface area contributed by atoms with Crippen LogP contribution in [0.4, 0.5) is 114 Å². The number of rotatable bonds is 4. The van der Waals surface area contributed by atoms with Gasteiger partial charge in [-0.3, -0.25) is 0 Å². The molecule has 0 bridgehead atoms. The maximum Gasteiger partial charge on any atom is 0.435 e. The fraction of sp³-hybridized carbons (Fsp3) is 1.00. The lowest BCUT2D eigenvalue weighted by Crippen LogP contribution is -2.80. The third-order valence-electron chi connectivity index (χ3n) is 5.00. The summed E-state index contributed by atoms with van der Waals surface area (Å²) in [5.41, 5.74) is -18.5. The second-order valence-electron chi connectivity index (χ2n) is 7.47. The fourth-order valence-corrected chi connectivity index (χ4v) is 3.02. The first-order chi connectivity index (χ1) is 17.2. The van der Waals surface area contributed by atoms with Crippen LogP contribution in [0.5, 0.6) is 0 Å². The largest absolute Gasteiger partial charge is 0.435 e. The maximum absolute atomic E-state index is 14.3. The molecule has 28 heteroatoms. The first-order valence-electron chi connectivity index (χ1n) is 8.48. The lowest BCUT2D eigenvalue weighted by Gasteiger charge is -2.50. The van der Waals surface area contributed by atoms with Gasteiger partial charge in [0.05, 0.1) is 0 Å². The van der Waals surface area contributed by atoms with Crippen LogP contribution in [-0.2, 0) is 9.47 Å². The van der Waals surface area contributed by atoms with Crippen LogP contribution < -0.4 is 0 Å². The predicted molar refractivity (Wildman–Crippen MR) is 66.5 cm³/mol. The second kappa shape index (κ2) is 8.60. The van der Waals surface area contributed by atoms with Gasteiger partial charge in [0.15, 0.2) is 0 Å². The van der Waals surface area contributed by atoms with E-state index < -0.39 is 77.7 Å². The molecule has 0 amide bonds. The van der Waals surface area contributed by atoms with Crippen molar-refractivity contribution in [3.63, 3.8) is 0 Å². The van der Waals surface area contributed by atoms with Crippen molar-refractivity contribution >= 4 is 0 Å². The first kappa shape index (κ1) is 37.1. The van der Waals surface area contributed by atoms with Gasteiger partial charge in [0.1, 0.15) is 0 Å². The molecule has 0 atom stereocenters. The second-order valence-corrected chi connectivity index (χ2v) is 7.47. The Hall–Kier alpha value is -1.90. The summed E-state index contributed by atoms with van der Waals surface area (Å²) in [6.07, 6.45) is -53.6. The van der Waals surface area contributed by atoms with Crippen LogP contribution in [0.2, 0.25) is 0 Å². The maximum atomic E-state index is 14.3. The SMILES string of the molecule is FC(F)(F)C(OC1(OC(C(F)(F)F)(C(F)(F)F)C(F)(F)F)C(F)(F)C(F)(F)C(F)(F)C1(F)F)(C(F)(F)F)C(F)(F)F. The van der Waals surface area contributed by atoms with Crippen molar-refractivity contribution in [3.8, 4) is 0 Å². The van der Waals surface area contributed by atoms with E-state index in [4.69, 9.17) is 0 Å². The molecule has 1 aliphatic rings. The Morgan fingerprint density at radius 1 is 0.268 bits per heavy atom. The highest BCUT2D eigenvalue weighted by molar-refractivity contribution is 5.27. The molecular formula is C13F26O2. The lowest BCUT2D eigenvalue weighted by molar-refractivity contribution is -0.573. The predicted octanol–water partition coefficient (Wildman–Crippen LogP) is 8.12. The Bertz CT molecular complexity index is 828. The van der Waals surface area contributed by atoms with Crippen LogP contribution >= 0.6 is 0 Å². The summed E-state index contributed by atoms with van der Waals surface area (Å²) in [6, 6.07) is 0. The molecule has 0 spiro atoms. The van der Waals surface area contributed by atoms with Gasteiger partial charge in [-0.1, -0.05) is 0 Å². The molecule has 1 saturated carbocycles. The van der Waals surface area contributed by atoms with Crippen molar-refractivity contribution in [2.45, 2.75) is 77.7 Å². The average Bonchev–Trinajstić information content (AvgIpc) is 2.65. The van der Waals surface area contributed by atoms with Gasteiger partial charge < -0.3 is 9.47 Å². The Morgan fingerprint density at radius 2 is 0.415 bits per heavy atom. The number of alkyl halides is 26. The zero-order valence-electron chi connectivity index (χ0n) is 17.1. The summed E-state index contributed by atoms with van der Waals surface area (Å²) >= 11 is 0. The average molecular weight is 682 g/mol. The molecule has 1 fully saturated rings. The Labute approximate surface area is 203 Å². The van der Waals surface area contributed by atoms with E-state index in [9.17, 15) is 114 Å². The van der Waals surface area contributed by atoms with Crippen molar-refractivity contribution in [1.29, 1.82) is 0 Å². The van der Waals surface area contributed by atoms with Gasteiger partial charge >= 0.3 is 77.7 Å². The van der Waals surface area contributed by atoms with Crippen LogP contribution in [-0.4, -0.2) is 77.7 Å². The van der Waals surface area contributed by atoms with Crippen molar-refractivity contribution in [3.05, 3.63) is 0 Å². The van der Waals surface area contributed by atoms with E-state index in [1.165, 1.54) is 0 Å². The van der Waals surface area contributed by atoms with E-state index in [0.29, 0.717) is 0 Å². The Morgan fingerprint density at radius 3 is 0.537 bits per heavy atom. The Kier molecular flexibility index (Phi) is 7.79. The molecular weight excluding hydrogens is 682 g/mol. The summed E-state index contributed by atoms with van der Waals surface area (Å²) < 4.78 is 349. The highest BCUT2D eigenvalue weighted by atomic mass is 19.5. The summed E-state index contributed by atoms with van der Waals surface area (Å²) in [5.74, 6) is -45.3. The fourth-order valence-electron chi connectivity index (χ4n) is 3.02. The topological polar surface area (TPSA) is 18.5 Å². The van der Waals surface area contributed by atoms with E-state index in [2.05, 4.69) is 0 Å². The van der Waals surface area contributed by atoms with E-state index >= 15 is 0 Å². The monoisotopic (exact) mass is 682 g/mol. The molecule has 41 heavy (non-hydrogen) atoms. The minimum Gasteiger partial charge on any atom is -0.308 e. The van der Waals surface area contributed by atoms with E-state index in [1.807, 2.05) is 0 Å². The molecule has 0 radical (unpaired) electrons. The highest BCUT2D eigenvalue weighted by Crippen LogP contribution is 2.74. The van der Waals surface area contributed by atoms with Crippen molar-refractivity contribution in [1.82, 2.24) is 0 Å². The van der Waals surface area contributed by atoms with E-state index in [-0.39, 0.29) is 0 Å². The van der Waals surface area contributed by atoms with Crippen LogP contribution in [0.1, 0.15) is 0 Å². The number of hydrogen-bond donors (Lipinski definition) is 0. The lowest BCUT2D eigenvalue weighted by atomic mass is 9.96. The first-order valence-corrected chi connectivity index (χ1v) is 8.48. The smallest absolute Gasteiger partial charge is 0.308 e. The molecule has 0 N–H and O–H groups in total. The van der Waals surface area contributed by atoms with Crippen LogP contribution in [0, 0.1) is 0 Å². The molecule has 0 aromatic heterocycles. The molecule has 0 saturated heterocycles. The summed E-state index contributed by atoms with van der Waals surface area (Å²) in [6.45, 7) is 0. The van der Waals surface area contributed by atoms with Crippen molar-refractivity contribution in [2.24, 2.45) is 0 Å². The van der Waals surface area contributed by atoms with Gasteiger partial charge in [0, 0.05) is 0 Å². The van der Waals surface area contributed by atoms with Crippen LogP contribution in [0.25, 0.3) is 0 Å². The third kappa shape index (κ3) is 4.17.